The van der Waals surface area contributed by atoms with E-state index in [2.05, 4.69) is 5.32 Å². The zero-order valence-corrected chi connectivity index (χ0v) is 15.4. The van der Waals surface area contributed by atoms with Crippen molar-refractivity contribution in [2.45, 2.75) is 23.5 Å². The van der Waals surface area contributed by atoms with Crippen LogP contribution in [0.4, 0.5) is 5.69 Å². The third-order valence-corrected chi connectivity index (χ3v) is 7.56. The Kier molecular flexibility index (Phi) is 3.60. The Labute approximate surface area is 150 Å². The van der Waals surface area contributed by atoms with Gasteiger partial charge in [0.2, 0.25) is 7.01 Å². The fourth-order valence-corrected chi connectivity index (χ4v) is 6.12. The summed E-state index contributed by atoms with van der Waals surface area (Å²) in [6.45, 7) is 0.603. The van der Waals surface area contributed by atoms with Gasteiger partial charge in [-0.2, -0.15) is 0 Å². The average Bonchev–Trinajstić information content (AvgIpc) is 3.32. The Bertz CT molecular complexity index is 814. The van der Waals surface area contributed by atoms with E-state index >= 15 is 0 Å². The summed E-state index contributed by atoms with van der Waals surface area (Å²) in [6, 6.07) is 2.48. The monoisotopic (exact) mass is 469 g/mol. The number of fused-ring (bicyclic) bond motifs is 3. The molecule has 23 heavy (non-hydrogen) atoms. The number of hydrogen-bond donors (Lipinski definition) is 2. The molecule has 0 spiro atoms. The second kappa shape index (κ2) is 5.21. The molecule has 1 saturated heterocycles. The van der Waals surface area contributed by atoms with E-state index in [9.17, 15) is 18.3 Å². The van der Waals surface area contributed by atoms with E-state index in [1.165, 1.54) is 27.3 Å². The molecule has 9 heteroatoms. The highest BCUT2D eigenvalue weighted by Gasteiger charge is 2.69. The maximum absolute atomic E-state index is 11.7. The Hall–Kier alpha value is -0.580. The molecule has 3 unspecified atom stereocenters. The molecule has 0 amide bonds. The van der Waals surface area contributed by atoms with E-state index in [0.29, 0.717) is 42.2 Å². The van der Waals surface area contributed by atoms with E-state index in [1.807, 2.05) is 0 Å². The maximum Gasteiger partial charge on any atom is 0.337 e. The molecular formula is C14H13ClINO5S. The number of hydrogen-bond acceptors (Lipinski definition) is 5. The van der Waals surface area contributed by atoms with Gasteiger partial charge in [-0.05, 0) is 30.4 Å². The molecule has 1 heterocycles. The first-order valence-corrected chi connectivity index (χ1v) is 11.6. The number of aromatic carboxylic acids is 1. The molecule has 2 N–H and O–H groups in total. The third kappa shape index (κ3) is 2.73. The topological polar surface area (TPSA) is 92.7 Å². The number of nitrogens with one attached hydrogen (secondary N) is 1. The van der Waals surface area contributed by atoms with Crippen molar-refractivity contribution in [3.05, 3.63) is 22.7 Å². The van der Waals surface area contributed by atoms with Gasteiger partial charge in [0, 0.05) is 12.5 Å². The van der Waals surface area contributed by atoms with Crippen LogP contribution >= 0.6 is 32.8 Å². The highest BCUT2D eigenvalue weighted by Crippen LogP contribution is 2.64. The lowest BCUT2D eigenvalue weighted by molar-refractivity contribution is 0.0697. The normalized spacial score (nSPS) is 33.7. The van der Waals surface area contributed by atoms with Crippen LogP contribution in [-0.4, -0.2) is 38.2 Å². The van der Waals surface area contributed by atoms with Crippen molar-refractivity contribution < 1.29 is 23.1 Å². The van der Waals surface area contributed by atoms with Gasteiger partial charge in [-0.3, -0.25) is 0 Å². The first-order chi connectivity index (χ1) is 10.8. The minimum atomic E-state index is -3.61. The predicted molar refractivity (Wildman–Crippen MR) is 91.9 cm³/mol. The van der Waals surface area contributed by atoms with Crippen LogP contribution in [0.5, 0.6) is 0 Å². The molecular weight excluding hydrogens is 457 g/mol. The van der Waals surface area contributed by atoms with Crippen molar-refractivity contribution >= 4 is 51.5 Å². The second-order valence-corrected chi connectivity index (χ2v) is 11.4. The molecule has 1 aromatic carbocycles. The van der Waals surface area contributed by atoms with Gasteiger partial charge >= 0.3 is 5.97 Å². The van der Waals surface area contributed by atoms with E-state index in [4.69, 9.17) is 16.3 Å². The standard InChI is InChI=1S/C14H13ClINO5S/c15-8-3-9(5(14(18)19)2-11(8)23(16,20)21)17-4-7-12-6-1-10(6)22-13(7)12/h2-3,6-7,10,12-13,17H,1,4H2,(H,18,19)/t6?,7?,10-,12?,13+/m0/s1. The number of carboxylic acid groups (broad SMARTS) is 1. The SMILES string of the molecule is O=C(O)c1cc(S(=O)(=O)I)c(Cl)cc1NCC1C2C3C[C@@H]3O[C@H]12. The van der Waals surface area contributed by atoms with Gasteiger partial charge < -0.3 is 15.2 Å². The fraction of sp³-hybridized carbons (Fsp3) is 0.500. The lowest BCUT2D eigenvalue weighted by Crippen LogP contribution is -2.13. The first-order valence-electron chi connectivity index (χ1n) is 7.18. The summed E-state index contributed by atoms with van der Waals surface area (Å²) in [6.07, 6.45) is 1.90. The predicted octanol–water partition coefficient (Wildman–Crippen LogP) is 2.61. The van der Waals surface area contributed by atoms with Crippen LogP contribution in [0, 0.1) is 17.8 Å². The van der Waals surface area contributed by atoms with Crippen molar-refractivity contribution in [2.24, 2.45) is 17.8 Å². The zero-order chi connectivity index (χ0) is 16.5. The molecule has 2 aliphatic carbocycles. The minimum Gasteiger partial charge on any atom is -0.478 e. The van der Waals surface area contributed by atoms with Gasteiger partial charge in [0.25, 0.3) is 0 Å². The molecule has 1 aromatic rings. The number of rotatable bonds is 5. The molecule has 4 rings (SSSR count). The molecule has 5 atom stereocenters. The van der Waals surface area contributed by atoms with Gasteiger partial charge in [-0.1, -0.05) is 11.6 Å². The highest BCUT2D eigenvalue weighted by atomic mass is 127. The minimum absolute atomic E-state index is 0.0152. The van der Waals surface area contributed by atoms with Gasteiger partial charge in [0.05, 0.1) is 54.6 Å². The third-order valence-electron chi connectivity index (χ3n) is 4.85. The Morgan fingerprint density at radius 1 is 1.48 bits per heavy atom. The molecule has 0 bridgehead atoms. The van der Waals surface area contributed by atoms with Crippen molar-refractivity contribution in [3.8, 4) is 0 Å². The highest BCUT2D eigenvalue weighted by molar-refractivity contribution is 14.2. The van der Waals surface area contributed by atoms with Gasteiger partial charge in [-0.25, -0.2) is 13.2 Å². The lowest BCUT2D eigenvalue weighted by Gasteiger charge is -2.13. The Balaban J connectivity index is 1.55. The molecule has 1 aliphatic heterocycles. The number of halogens is 2. The van der Waals surface area contributed by atoms with E-state index in [-0.39, 0.29) is 15.5 Å². The van der Waals surface area contributed by atoms with Gasteiger partial charge in [-0.15, -0.1) is 0 Å². The van der Waals surface area contributed by atoms with Crippen LogP contribution in [0.1, 0.15) is 16.8 Å². The summed E-state index contributed by atoms with van der Waals surface area (Å²) in [7, 11) is -3.61. The summed E-state index contributed by atoms with van der Waals surface area (Å²) < 4.78 is 29.1. The summed E-state index contributed by atoms with van der Waals surface area (Å²) >= 11 is 7.25. The largest absolute Gasteiger partial charge is 0.478 e. The number of benzene rings is 1. The first kappa shape index (κ1) is 15.9. The average molecular weight is 470 g/mol. The van der Waals surface area contributed by atoms with Crippen LogP contribution < -0.4 is 5.32 Å². The zero-order valence-electron chi connectivity index (χ0n) is 11.7. The van der Waals surface area contributed by atoms with Crippen LogP contribution in [0.15, 0.2) is 17.0 Å². The van der Waals surface area contributed by atoms with E-state index in [0.717, 1.165) is 12.5 Å². The van der Waals surface area contributed by atoms with Crippen molar-refractivity contribution in [2.75, 3.05) is 11.9 Å². The smallest absolute Gasteiger partial charge is 0.337 e. The Morgan fingerprint density at radius 3 is 2.78 bits per heavy atom. The number of anilines is 1. The van der Waals surface area contributed by atoms with Crippen LogP contribution in [0.2, 0.25) is 5.02 Å². The fourth-order valence-electron chi connectivity index (χ4n) is 3.62. The summed E-state index contributed by atoms with van der Waals surface area (Å²) in [5, 5.41) is 12.4. The quantitative estimate of drug-likeness (QED) is 0.509. The van der Waals surface area contributed by atoms with Crippen LogP contribution in [0.25, 0.3) is 0 Å². The Morgan fingerprint density at radius 2 is 2.22 bits per heavy atom. The maximum atomic E-state index is 11.7. The number of carboxylic acids is 1. The summed E-state index contributed by atoms with van der Waals surface area (Å²) in [4.78, 5) is 11.2. The summed E-state index contributed by atoms with van der Waals surface area (Å²) in [5.74, 6) is 0.471. The van der Waals surface area contributed by atoms with Crippen LogP contribution in [-0.2, 0) is 11.7 Å². The molecule has 0 radical (unpaired) electrons. The molecule has 2 saturated carbocycles. The van der Waals surface area contributed by atoms with Gasteiger partial charge in [0.15, 0.2) is 0 Å². The molecule has 3 aliphatic rings. The summed E-state index contributed by atoms with van der Waals surface area (Å²) in [5.41, 5.74) is 0.240. The molecule has 6 nitrogen and oxygen atoms in total. The number of ether oxygens (including phenoxy) is 1. The lowest BCUT2D eigenvalue weighted by atomic mass is 10.1. The van der Waals surface area contributed by atoms with Crippen molar-refractivity contribution in [1.29, 1.82) is 0 Å². The second-order valence-electron chi connectivity index (χ2n) is 6.23. The van der Waals surface area contributed by atoms with Gasteiger partial charge in [0.1, 0.15) is 0 Å². The van der Waals surface area contributed by atoms with Crippen LogP contribution in [0.3, 0.4) is 0 Å². The van der Waals surface area contributed by atoms with Crippen molar-refractivity contribution in [3.63, 3.8) is 0 Å². The number of carbonyl (C=O) groups is 1. The van der Waals surface area contributed by atoms with Crippen molar-refractivity contribution in [1.82, 2.24) is 0 Å². The molecule has 0 aromatic heterocycles. The van der Waals surface area contributed by atoms with E-state index < -0.39 is 13.0 Å². The van der Waals surface area contributed by atoms with E-state index in [1.54, 1.807) is 0 Å². The molecule has 3 fully saturated rings. The molecule has 124 valence electrons.